The molecule has 1 saturated heterocycles. The highest BCUT2D eigenvalue weighted by molar-refractivity contribution is 14.1. The summed E-state index contributed by atoms with van der Waals surface area (Å²) >= 11 is 2.24. The second-order valence-corrected chi connectivity index (χ2v) is 8.11. The molecule has 0 N–H and O–H groups in total. The molecule has 150 valence electrons. The zero-order chi connectivity index (χ0) is 20.2. The van der Waals surface area contributed by atoms with Crippen LogP contribution in [0.5, 0.6) is 0 Å². The summed E-state index contributed by atoms with van der Waals surface area (Å²) in [6, 6.07) is 14.3. The van der Waals surface area contributed by atoms with E-state index in [-0.39, 0.29) is 11.7 Å². The maximum atomic E-state index is 13.1. The van der Waals surface area contributed by atoms with Gasteiger partial charge in [-0.1, -0.05) is 17.3 Å². The smallest absolute Gasteiger partial charge is 0.227 e. The average molecular weight is 506 g/mol. The molecule has 0 unspecified atom stereocenters. The van der Waals surface area contributed by atoms with Gasteiger partial charge < -0.3 is 14.3 Å². The maximum Gasteiger partial charge on any atom is 0.227 e. The van der Waals surface area contributed by atoms with Crippen LogP contribution in [0.2, 0.25) is 0 Å². The Labute approximate surface area is 181 Å². The monoisotopic (exact) mass is 506 g/mol. The molecule has 2 heterocycles. The van der Waals surface area contributed by atoms with E-state index in [1.54, 1.807) is 12.1 Å². The van der Waals surface area contributed by atoms with E-state index in [1.165, 1.54) is 12.1 Å². The summed E-state index contributed by atoms with van der Waals surface area (Å²) in [6.07, 6.45) is 0.763. The van der Waals surface area contributed by atoms with Crippen molar-refractivity contribution in [1.29, 1.82) is 0 Å². The second-order valence-electron chi connectivity index (χ2n) is 6.86. The minimum absolute atomic E-state index is 0.0813. The molecule has 6 nitrogen and oxygen atoms in total. The number of amides is 1. The fraction of sp³-hybridized carbons (Fsp3) is 0.286. The Bertz CT molecular complexity index is 967. The van der Waals surface area contributed by atoms with Crippen LogP contribution in [0.25, 0.3) is 11.4 Å². The molecule has 29 heavy (non-hydrogen) atoms. The fourth-order valence-corrected chi connectivity index (χ4v) is 3.67. The van der Waals surface area contributed by atoms with Gasteiger partial charge in [-0.15, -0.1) is 0 Å². The van der Waals surface area contributed by atoms with Crippen LogP contribution in [0, 0.1) is 9.39 Å². The highest BCUT2D eigenvalue weighted by Crippen LogP contribution is 2.19. The van der Waals surface area contributed by atoms with Crippen LogP contribution in [-0.4, -0.2) is 47.1 Å². The maximum absolute atomic E-state index is 13.1. The van der Waals surface area contributed by atoms with Crippen LogP contribution in [0.1, 0.15) is 12.3 Å². The van der Waals surface area contributed by atoms with Gasteiger partial charge in [-0.2, -0.15) is 4.98 Å². The molecule has 0 bridgehead atoms. The quantitative estimate of drug-likeness (QED) is 0.494. The predicted molar refractivity (Wildman–Crippen MR) is 116 cm³/mol. The van der Waals surface area contributed by atoms with Crippen LogP contribution in [0.15, 0.2) is 53.1 Å². The summed E-state index contributed by atoms with van der Waals surface area (Å²) in [5, 5.41) is 4.01. The summed E-state index contributed by atoms with van der Waals surface area (Å²) in [4.78, 5) is 21.0. The van der Waals surface area contributed by atoms with Crippen molar-refractivity contribution in [1.82, 2.24) is 15.0 Å². The molecule has 0 saturated carbocycles. The molecule has 1 amide bonds. The molecule has 3 aromatic rings. The van der Waals surface area contributed by atoms with Gasteiger partial charge in [0.2, 0.25) is 17.6 Å². The number of anilines is 1. The lowest BCUT2D eigenvalue weighted by Gasteiger charge is -2.36. The van der Waals surface area contributed by atoms with Gasteiger partial charge in [0.1, 0.15) is 5.82 Å². The summed E-state index contributed by atoms with van der Waals surface area (Å²) < 4.78 is 19.5. The van der Waals surface area contributed by atoms with Crippen molar-refractivity contribution in [2.75, 3.05) is 31.1 Å². The van der Waals surface area contributed by atoms with E-state index < -0.39 is 0 Å². The van der Waals surface area contributed by atoms with Gasteiger partial charge in [0.05, 0.1) is 0 Å². The number of carbonyl (C=O) groups excluding carboxylic acids is 1. The third-order valence-electron chi connectivity index (χ3n) is 4.95. The number of benzene rings is 2. The van der Waals surface area contributed by atoms with Gasteiger partial charge >= 0.3 is 0 Å². The largest absolute Gasteiger partial charge is 0.368 e. The van der Waals surface area contributed by atoms with Crippen molar-refractivity contribution in [3.63, 3.8) is 0 Å². The van der Waals surface area contributed by atoms with E-state index in [1.807, 2.05) is 29.2 Å². The van der Waals surface area contributed by atoms with Gasteiger partial charge in [-0.05, 0) is 59.0 Å². The van der Waals surface area contributed by atoms with Crippen molar-refractivity contribution < 1.29 is 13.7 Å². The number of aromatic nitrogens is 2. The van der Waals surface area contributed by atoms with Crippen molar-refractivity contribution in [2.45, 2.75) is 12.8 Å². The Morgan fingerprint density at radius 2 is 1.72 bits per heavy atom. The molecule has 0 radical (unpaired) electrons. The zero-order valence-electron chi connectivity index (χ0n) is 15.7. The van der Waals surface area contributed by atoms with E-state index in [0.717, 1.165) is 27.9 Å². The molecule has 1 aromatic heterocycles. The first-order valence-corrected chi connectivity index (χ1v) is 10.5. The Morgan fingerprint density at radius 3 is 2.41 bits per heavy atom. The lowest BCUT2D eigenvalue weighted by Crippen LogP contribution is -2.48. The summed E-state index contributed by atoms with van der Waals surface area (Å²) in [5.74, 6) is 0.847. The molecule has 1 aliphatic rings. The van der Waals surface area contributed by atoms with E-state index in [9.17, 15) is 9.18 Å². The van der Waals surface area contributed by atoms with Gasteiger partial charge in [0.15, 0.2) is 0 Å². The van der Waals surface area contributed by atoms with E-state index in [0.29, 0.717) is 37.6 Å². The van der Waals surface area contributed by atoms with E-state index >= 15 is 0 Å². The first-order chi connectivity index (χ1) is 14.1. The summed E-state index contributed by atoms with van der Waals surface area (Å²) in [5.41, 5.74) is 1.87. The molecular formula is C21H20FIN4O2. The third-order valence-corrected chi connectivity index (χ3v) is 5.67. The number of hydrogen-bond acceptors (Lipinski definition) is 5. The first kappa shape index (κ1) is 19.8. The average Bonchev–Trinajstić information content (AvgIpc) is 3.22. The highest BCUT2D eigenvalue weighted by Gasteiger charge is 2.22. The van der Waals surface area contributed by atoms with Gasteiger partial charge in [0.25, 0.3) is 0 Å². The molecule has 0 atom stereocenters. The highest BCUT2D eigenvalue weighted by atomic mass is 127. The number of piperazine rings is 1. The molecule has 4 rings (SSSR count). The van der Waals surface area contributed by atoms with Crippen molar-refractivity contribution in [2.24, 2.45) is 0 Å². The Hall–Kier alpha value is -2.49. The van der Waals surface area contributed by atoms with E-state index in [2.05, 4.69) is 37.6 Å². The third kappa shape index (κ3) is 4.92. The van der Waals surface area contributed by atoms with Gasteiger partial charge in [-0.25, -0.2) is 4.39 Å². The normalized spacial score (nSPS) is 14.3. The Morgan fingerprint density at radius 1 is 1.03 bits per heavy atom. The van der Waals surface area contributed by atoms with Crippen LogP contribution in [-0.2, 0) is 11.2 Å². The van der Waals surface area contributed by atoms with Crippen molar-refractivity contribution in [3.05, 3.63) is 63.8 Å². The minimum Gasteiger partial charge on any atom is -0.368 e. The Kier molecular flexibility index (Phi) is 6.08. The number of hydrogen-bond donors (Lipinski definition) is 0. The molecule has 1 fully saturated rings. The number of nitrogens with zero attached hydrogens (tertiary/aromatic N) is 4. The summed E-state index contributed by atoms with van der Waals surface area (Å²) in [7, 11) is 0. The predicted octanol–water partition coefficient (Wildman–Crippen LogP) is 3.76. The lowest BCUT2D eigenvalue weighted by atomic mass is 10.2. The topological polar surface area (TPSA) is 62.5 Å². The second kappa shape index (κ2) is 8.89. The van der Waals surface area contributed by atoms with Crippen LogP contribution in [0.4, 0.5) is 10.1 Å². The number of carbonyl (C=O) groups is 1. The molecule has 0 spiro atoms. The SMILES string of the molecule is O=C(CCc1nc(-c2ccc(I)cc2)no1)N1CCN(c2ccc(F)cc2)CC1. The zero-order valence-corrected chi connectivity index (χ0v) is 17.9. The standard InChI is InChI=1S/C21H20FIN4O2/c22-16-3-7-18(8-4-16)26-11-13-27(14-12-26)20(28)10-9-19-24-21(25-29-19)15-1-5-17(23)6-2-15/h1-8H,9-14H2. The number of rotatable bonds is 5. The number of aryl methyl sites for hydroxylation is 1. The minimum atomic E-state index is -0.242. The molecule has 2 aromatic carbocycles. The molecular weight excluding hydrogens is 486 g/mol. The van der Waals surface area contributed by atoms with Crippen LogP contribution < -0.4 is 4.90 Å². The molecule has 0 aliphatic carbocycles. The van der Waals surface area contributed by atoms with Crippen LogP contribution >= 0.6 is 22.6 Å². The number of halogens is 2. The van der Waals surface area contributed by atoms with Crippen molar-refractivity contribution >= 4 is 34.2 Å². The molecule has 8 heteroatoms. The fourth-order valence-electron chi connectivity index (χ4n) is 3.31. The lowest BCUT2D eigenvalue weighted by molar-refractivity contribution is -0.131. The van der Waals surface area contributed by atoms with Crippen molar-refractivity contribution in [3.8, 4) is 11.4 Å². The Balaban J connectivity index is 1.27. The van der Waals surface area contributed by atoms with E-state index in [4.69, 9.17) is 4.52 Å². The summed E-state index contributed by atoms with van der Waals surface area (Å²) in [6.45, 7) is 2.76. The van der Waals surface area contributed by atoms with Crippen LogP contribution in [0.3, 0.4) is 0 Å². The first-order valence-electron chi connectivity index (χ1n) is 9.45. The molecule has 1 aliphatic heterocycles. The van der Waals surface area contributed by atoms with Gasteiger partial charge in [0, 0.05) is 53.8 Å². The van der Waals surface area contributed by atoms with Gasteiger partial charge in [-0.3, -0.25) is 4.79 Å².